The number of carbonyl (C=O) groups excluding carboxylic acids is 2. The van der Waals surface area contributed by atoms with Gasteiger partial charge >= 0.3 is 0 Å². The topological polar surface area (TPSA) is 62.3 Å². The van der Waals surface area contributed by atoms with Gasteiger partial charge in [-0.2, -0.15) is 0 Å². The van der Waals surface area contributed by atoms with Crippen LogP contribution >= 0.6 is 0 Å². The molecule has 0 atom stereocenters. The van der Waals surface area contributed by atoms with Crippen LogP contribution in [0.2, 0.25) is 0 Å². The molecule has 154 valence electrons. The summed E-state index contributed by atoms with van der Waals surface area (Å²) in [5.74, 6) is 1.07. The molecule has 0 unspecified atom stereocenters. The molecule has 0 spiro atoms. The fourth-order valence-electron chi connectivity index (χ4n) is 4.14. The van der Waals surface area contributed by atoms with E-state index >= 15 is 0 Å². The molecule has 3 aliphatic heterocycles. The van der Waals surface area contributed by atoms with Gasteiger partial charge in [-0.1, -0.05) is 18.2 Å². The number of aryl methyl sites for hydroxylation is 1. The average Bonchev–Trinajstić information content (AvgIpc) is 3.32. The Morgan fingerprint density at radius 1 is 0.933 bits per heavy atom. The molecule has 0 radical (unpaired) electrons. The van der Waals surface area contributed by atoms with Gasteiger partial charge in [-0.05, 0) is 42.3 Å². The second-order valence-corrected chi connectivity index (χ2v) is 7.80. The third kappa shape index (κ3) is 3.41. The number of hydrogen-bond acceptors (Lipinski definition) is 6. The Hall–Kier alpha value is -3.32. The Kier molecular flexibility index (Phi) is 4.67. The fraction of sp³-hybridized carbons (Fsp3) is 0.304. The van der Waals surface area contributed by atoms with Gasteiger partial charge in [0.2, 0.25) is 6.79 Å². The van der Waals surface area contributed by atoms with Crippen LogP contribution in [0.3, 0.4) is 0 Å². The highest BCUT2D eigenvalue weighted by molar-refractivity contribution is 6.30. The number of rotatable bonds is 4. The monoisotopic (exact) mass is 405 g/mol. The highest BCUT2D eigenvalue weighted by Crippen LogP contribution is 2.33. The summed E-state index contributed by atoms with van der Waals surface area (Å²) < 4.78 is 10.8. The highest BCUT2D eigenvalue weighted by atomic mass is 16.7. The third-order valence-corrected chi connectivity index (χ3v) is 5.72. The van der Waals surface area contributed by atoms with Crippen LogP contribution in [0.4, 0.5) is 5.69 Å². The maximum atomic E-state index is 13.0. The first kappa shape index (κ1) is 18.7. The minimum absolute atomic E-state index is 0.241. The number of anilines is 1. The highest BCUT2D eigenvalue weighted by Gasteiger charge is 2.36. The van der Waals surface area contributed by atoms with Crippen molar-refractivity contribution in [2.24, 2.45) is 0 Å². The molecule has 0 bridgehead atoms. The molecule has 7 heteroatoms. The van der Waals surface area contributed by atoms with E-state index in [4.69, 9.17) is 9.47 Å². The summed E-state index contributed by atoms with van der Waals surface area (Å²) in [6, 6.07) is 13.5. The zero-order chi connectivity index (χ0) is 20.7. The smallest absolute Gasteiger partial charge is 0.281 e. The Balaban J connectivity index is 1.22. The first-order chi connectivity index (χ1) is 14.6. The van der Waals surface area contributed by atoms with Crippen LogP contribution < -0.4 is 14.4 Å². The van der Waals surface area contributed by atoms with E-state index in [-0.39, 0.29) is 18.6 Å². The molecular formula is C23H23N3O4. The number of nitrogens with zero attached hydrogens (tertiary/aromatic N) is 3. The van der Waals surface area contributed by atoms with Crippen LogP contribution in [0.5, 0.6) is 11.5 Å². The normalized spacial score (nSPS) is 18.9. The zero-order valence-corrected chi connectivity index (χ0v) is 16.8. The fourth-order valence-corrected chi connectivity index (χ4v) is 4.14. The molecule has 1 saturated heterocycles. The molecule has 0 aromatic heterocycles. The van der Waals surface area contributed by atoms with E-state index in [0.717, 1.165) is 36.7 Å². The Morgan fingerprint density at radius 3 is 2.53 bits per heavy atom. The molecule has 3 heterocycles. The molecule has 0 aliphatic carbocycles. The van der Waals surface area contributed by atoms with Gasteiger partial charge < -0.3 is 14.4 Å². The number of hydrogen-bond donors (Lipinski definition) is 0. The predicted octanol–water partition coefficient (Wildman–Crippen LogP) is 2.30. The summed E-state index contributed by atoms with van der Waals surface area (Å²) in [6.45, 7) is 6.08. The SMILES string of the molecule is Cc1cccc(N2C(=O)C=C(N3CCN(Cc4ccc5c(c4)OCO5)CC3)C2=O)c1. The van der Waals surface area contributed by atoms with Crippen molar-refractivity contribution in [3.63, 3.8) is 0 Å². The van der Waals surface area contributed by atoms with Crippen LogP contribution in [-0.4, -0.2) is 54.6 Å². The molecule has 0 N–H and O–H groups in total. The van der Waals surface area contributed by atoms with Crippen molar-refractivity contribution < 1.29 is 19.1 Å². The van der Waals surface area contributed by atoms with Gasteiger partial charge in [-0.25, -0.2) is 4.90 Å². The molecule has 7 nitrogen and oxygen atoms in total. The summed E-state index contributed by atoms with van der Waals surface area (Å²) in [6.07, 6.45) is 1.47. The number of benzene rings is 2. The van der Waals surface area contributed by atoms with Crippen molar-refractivity contribution in [2.45, 2.75) is 13.5 Å². The van der Waals surface area contributed by atoms with Crippen LogP contribution in [0, 0.1) is 6.92 Å². The van der Waals surface area contributed by atoms with Gasteiger partial charge in [0, 0.05) is 38.8 Å². The van der Waals surface area contributed by atoms with Crippen molar-refractivity contribution in [2.75, 3.05) is 37.9 Å². The minimum Gasteiger partial charge on any atom is -0.454 e. The summed E-state index contributed by atoms with van der Waals surface area (Å²) in [5.41, 5.74) is 3.30. The standard InChI is InChI=1S/C23H23N3O4/c1-16-3-2-4-18(11-16)26-22(27)13-19(23(26)28)25-9-7-24(8-10-25)14-17-5-6-20-21(12-17)30-15-29-20/h2-6,11-13H,7-10,14-15H2,1H3. The van der Waals surface area contributed by atoms with Crippen LogP contribution in [-0.2, 0) is 16.1 Å². The van der Waals surface area contributed by atoms with Crippen molar-refractivity contribution in [1.29, 1.82) is 0 Å². The Bertz CT molecular complexity index is 1040. The number of imide groups is 1. The molecule has 2 amide bonds. The van der Waals surface area contributed by atoms with Crippen molar-refractivity contribution in [3.8, 4) is 11.5 Å². The number of amides is 2. The number of piperazine rings is 1. The molecule has 1 fully saturated rings. The average molecular weight is 405 g/mol. The Morgan fingerprint density at radius 2 is 1.73 bits per heavy atom. The second-order valence-electron chi connectivity index (χ2n) is 7.80. The van der Waals surface area contributed by atoms with Gasteiger partial charge in [0.15, 0.2) is 11.5 Å². The lowest BCUT2D eigenvalue weighted by Crippen LogP contribution is -2.47. The van der Waals surface area contributed by atoms with Gasteiger partial charge in [0.05, 0.1) is 5.69 Å². The van der Waals surface area contributed by atoms with E-state index in [1.54, 1.807) is 6.07 Å². The Labute approximate surface area is 175 Å². The van der Waals surface area contributed by atoms with E-state index in [9.17, 15) is 9.59 Å². The first-order valence-corrected chi connectivity index (χ1v) is 10.1. The predicted molar refractivity (Wildman–Crippen MR) is 111 cm³/mol. The molecule has 2 aromatic rings. The lowest BCUT2D eigenvalue weighted by Gasteiger charge is -2.36. The van der Waals surface area contributed by atoms with Gasteiger partial charge in [0.25, 0.3) is 11.8 Å². The molecule has 2 aromatic carbocycles. The summed E-state index contributed by atoms with van der Waals surface area (Å²) in [4.78, 5) is 31.1. The maximum Gasteiger partial charge on any atom is 0.281 e. The van der Waals surface area contributed by atoms with E-state index in [1.807, 2.05) is 42.2 Å². The summed E-state index contributed by atoms with van der Waals surface area (Å²) in [5, 5.41) is 0. The van der Waals surface area contributed by atoms with Crippen LogP contribution in [0.1, 0.15) is 11.1 Å². The van der Waals surface area contributed by atoms with Crippen LogP contribution in [0.15, 0.2) is 54.2 Å². The van der Waals surface area contributed by atoms with E-state index < -0.39 is 0 Å². The largest absolute Gasteiger partial charge is 0.454 e. The lowest BCUT2D eigenvalue weighted by atomic mass is 10.1. The number of carbonyl (C=O) groups is 2. The van der Waals surface area contributed by atoms with E-state index in [2.05, 4.69) is 11.0 Å². The van der Waals surface area contributed by atoms with E-state index in [1.165, 1.54) is 16.5 Å². The van der Waals surface area contributed by atoms with Crippen LogP contribution in [0.25, 0.3) is 0 Å². The van der Waals surface area contributed by atoms with Gasteiger partial charge in [-0.15, -0.1) is 0 Å². The maximum absolute atomic E-state index is 13.0. The molecule has 5 rings (SSSR count). The van der Waals surface area contributed by atoms with Crippen molar-refractivity contribution in [3.05, 3.63) is 65.4 Å². The minimum atomic E-state index is -0.275. The molecule has 30 heavy (non-hydrogen) atoms. The van der Waals surface area contributed by atoms with Gasteiger partial charge in [0.1, 0.15) is 5.70 Å². The van der Waals surface area contributed by atoms with Crippen molar-refractivity contribution in [1.82, 2.24) is 9.80 Å². The van der Waals surface area contributed by atoms with E-state index in [0.29, 0.717) is 24.5 Å². The molecule has 0 saturated carbocycles. The summed E-state index contributed by atoms with van der Waals surface area (Å²) >= 11 is 0. The first-order valence-electron chi connectivity index (χ1n) is 10.1. The second kappa shape index (κ2) is 7.50. The molecular weight excluding hydrogens is 382 g/mol. The van der Waals surface area contributed by atoms with Gasteiger partial charge in [-0.3, -0.25) is 14.5 Å². The van der Waals surface area contributed by atoms with Crippen molar-refractivity contribution >= 4 is 17.5 Å². The zero-order valence-electron chi connectivity index (χ0n) is 16.8. The summed E-state index contributed by atoms with van der Waals surface area (Å²) in [7, 11) is 0. The lowest BCUT2D eigenvalue weighted by molar-refractivity contribution is -0.121. The molecule has 3 aliphatic rings. The third-order valence-electron chi connectivity index (χ3n) is 5.72. The quantitative estimate of drug-likeness (QED) is 0.728. The number of ether oxygens (including phenoxy) is 2. The number of fused-ring (bicyclic) bond motifs is 1.